The molecule has 5 heteroatoms. The van der Waals surface area contributed by atoms with Crippen LogP contribution in [0, 0.1) is 0 Å². The third kappa shape index (κ3) is 3.78. The van der Waals surface area contributed by atoms with E-state index in [2.05, 4.69) is 0 Å². The van der Waals surface area contributed by atoms with Gasteiger partial charge in [0.15, 0.2) is 5.78 Å². The van der Waals surface area contributed by atoms with Crippen LogP contribution in [0.15, 0.2) is 24.3 Å². The van der Waals surface area contributed by atoms with E-state index >= 15 is 0 Å². The van der Waals surface area contributed by atoms with E-state index in [4.69, 9.17) is 17.3 Å². The molecular weight excluding hydrogens is 242 g/mol. The van der Waals surface area contributed by atoms with E-state index in [-0.39, 0.29) is 18.2 Å². The Morgan fingerprint density at radius 1 is 1.29 bits per heavy atom. The second kappa shape index (κ2) is 6.71. The molecule has 1 aromatic carbocycles. The Morgan fingerprint density at radius 3 is 2.35 bits per heavy atom. The lowest BCUT2D eigenvalue weighted by molar-refractivity contribution is 0.0170. The van der Waals surface area contributed by atoms with Crippen molar-refractivity contribution < 1.29 is 15.0 Å². The second-order valence-corrected chi connectivity index (χ2v) is 4.12. The zero-order valence-corrected chi connectivity index (χ0v) is 10.1. The number of carbonyl (C=O) groups excluding carboxylic acids is 1. The van der Waals surface area contributed by atoms with Gasteiger partial charge in [0.05, 0.1) is 12.6 Å². The van der Waals surface area contributed by atoms with Gasteiger partial charge in [0.1, 0.15) is 6.10 Å². The van der Waals surface area contributed by atoms with Gasteiger partial charge in [-0.25, -0.2) is 0 Å². The van der Waals surface area contributed by atoms with Crippen molar-refractivity contribution in [2.75, 3.05) is 12.4 Å². The summed E-state index contributed by atoms with van der Waals surface area (Å²) in [5, 5.41) is 19.4. The highest BCUT2D eigenvalue weighted by Gasteiger charge is 2.17. The number of hydrogen-bond acceptors (Lipinski definition) is 4. The van der Waals surface area contributed by atoms with E-state index in [1.165, 1.54) is 0 Å². The number of hydrogen-bond donors (Lipinski definition) is 3. The fraction of sp³-hybridized carbons (Fsp3) is 0.417. The molecule has 0 fully saturated rings. The van der Waals surface area contributed by atoms with E-state index < -0.39 is 12.2 Å². The molecule has 94 valence electrons. The van der Waals surface area contributed by atoms with Gasteiger partial charge in [-0.2, -0.15) is 0 Å². The first-order chi connectivity index (χ1) is 8.10. The van der Waals surface area contributed by atoms with Crippen molar-refractivity contribution in [3.63, 3.8) is 0 Å². The van der Waals surface area contributed by atoms with Crippen LogP contribution in [0.25, 0.3) is 0 Å². The molecule has 17 heavy (non-hydrogen) atoms. The number of benzene rings is 1. The van der Waals surface area contributed by atoms with Crippen molar-refractivity contribution in [1.29, 1.82) is 0 Å². The van der Waals surface area contributed by atoms with Gasteiger partial charge in [-0.1, -0.05) is 24.3 Å². The summed E-state index contributed by atoms with van der Waals surface area (Å²) in [6.45, 7) is -0.0449. The van der Waals surface area contributed by atoms with Crippen molar-refractivity contribution in [2.45, 2.75) is 18.6 Å². The van der Waals surface area contributed by atoms with Crippen molar-refractivity contribution >= 4 is 17.4 Å². The molecule has 2 unspecified atom stereocenters. The Bertz CT molecular complexity index is 367. The van der Waals surface area contributed by atoms with Crippen molar-refractivity contribution in [3.8, 4) is 0 Å². The topological polar surface area (TPSA) is 83.6 Å². The molecule has 0 aliphatic rings. The first-order valence-corrected chi connectivity index (χ1v) is 5.89. The van der Waals surface area contributed by atoms with E-state index in [1.807, 2.05) is 0 Å². The van der Waals surface area contributed by atoms with Crippen molar-refractivity contribution in [1.82, 2.24) is 0 Å². The molecule has 1 aromatic rings. The average molecular weight is 258 g/mol. The normalized spacial score (nSPS) is 14.4. The molecule has 0 heterocycles. The summed E-state index contributed by atoms with van der Waals surface area (Å²) >= 11 is 5.48. The Hall–Kier alpha value is -0.940. The van der Waals surface area contributed by atoms with Crippen molar-refractivity contribution in [3.05, 3.63) is 35.4 Å². The molecule has 0 aliphatic carbocycles. The summed E-state index contributed by atoms with van der Waals surface area (Å²) in [5.41, 5.74) is 6.28. The highest BCUT2D eigenvalue weighted by atomic mass is 35.5. The van der Waals surface area contributed by atoms with E-state index in [0.717, 1.165) is 0 Å². The number of carbonyl (C=O) groups is 1. The van der Waals surface area contributed by atoms with Crippen LogP contribution < -0.4 is 5.73 Å². The van der Waals surface area contributed by atoms with E-state index in [9.17, 15) is 15.0 Å². The molecule has 2 atom stereocenters. The standard InChI is InChI=1S/C12H16ClNO3/c13-6-5-10(15)12(17)9-3-1-8(2-4-9)11(16)7-14/h1-4,10,12,15,17H,5-7,14H2. The van der Waals surface area contributed by atoms with Gasteiger partial charge in [-0.3, -0.25) is 4.79 Å². The van der Waals surface area contributed by atoms with Crippen LogP contribution in [0.3, 0.4) is 0 Å². The first kappa shape index (κ1) is 14.1. The number of rotatable bonds is 6. The van der Waals surface area contributed by atoms with Gasteiger partial charge in [0.25, 0.3) is 0 Å². The van der Waals surface area contributed by atoms with Crippen LogP contribution in [-0.4, -0.2) is 34.5 Å². The lowest BCUT2D eigenvalue weighted by Crippen LogP contribution is -2.19. The number of ketones is 1. The minimum absolute atomic E-state index is 0.0449. The minimum Gasteiger partial charge on any atom is -0.390 e. The van der Waals surface area contributed by atoms with E-state index in [1.54, 1.807) is 24.3 Å². The molecule has 4 nitrogen and oxygen atoms in total. The number of nitrogens with two attached hydrogens (primary N) is 1. The molecule has 0 aromatic heterocycles. The molecule has 0 radical (unpaired) electrons. The zero-order valence-electron chi connectivity index (χ0n) is 9.34. The molecule has 0 saturated heterocycles. The molecule has 1 rings (SSSR count). The molecule has 0 saturated carbocycles. The van der Waals surface area contributed by atoms with Crippen LogP contribution in [0.4, 0.5) is 0 Å². The minimum atomic E-state index is -0.990. The fourth-order valence-corrected chi connectivity index (χ4v) is 1.70. The monoisotopic (exact) mass is 257 g/mol. The first-order valence-electron chi connectivity index (χ1n) is 5.35. The highest BCUT2D eigenvalue weighted by Crippen LogP contribution is 2.19. The van der Waals surface area contributed by atoms with Crippen LogP contribution in [-0.2, 0) is 0 Å². The van der Waals surface area contributed by atoms with Crippen LogP contribution >= 0.6 is 11.6 Å². The smallest absolute Gasteiger partial charge is 0.176 e. The highest BCUT2D eigenvalue weighted by molar-refractivity contribution is 6.17. The quantitative estimate of drug-likeness (QED) is 0.521. The summed E-state index contributed by atoms with van der Waals surface area (Å²) in [5.74, 6) is 0.120. The Labute approximate surface area is 105 Å². The number of alkyl halides is 1. The summed E-state index contributed by atoms with van der Waals surface area (Å²) in [6.07, 6.45) is -1.58. The average Bonchev–Trinajstić information content (AvgIpc) is 2.37. The maximum Gasteiger partial charge on any atom is 0.176 e. The van der Waals surface area contributed by atoms with Gasteiger partial charge in [-0.05, 0) is 12.0 Å². The van der Waals surface area contributed by atoms with Crippen LogP contribution in [0.5, 0.6) is 0 Å². The molecule has 0 spiro atoms. The largest absolute Gasteiger partial charge is 0.390 e. The molecule has 0 aliphatic heterocycles. The zero-order chi connectivity index (χ0) is 12.8. The third-order valence-electron chi connectivity index (χ3n) is 2.53. The van der Waals surface area contributed by atoms with E-state index in [0.29, 0.717) is 17.5 Å². The predicted molar refractivity (Wildman–Crippen MR) is 66.1 cm³/mol. The van der Waals surface area contributed by atoms with Gasteiger partial charge in [0.2, 0.25) is 0 Å². The number of aliphatic hydroxyl groups excluding tert-OH is 2. The Balaban J connectivity index is 2.76. The molecule has 4 N–H and O–H groups in total. The predicted octanol–water partition coefficient (Wildman–Crippen LogP) is 0.851. The summed E-state index contributed by atoms with van der Waals surface area (Å²) in [7, 11) is 0. The van der Waals surface area contributed by atoms with Crippen LogP contribution in [0.2, 0.25) is 0 Å². The Kier molecular flexibility index (Phi) is 5.58. The van der Waals surface area contributed by atoms with Crippen molar-refractivity contribution in [2.24, 2.45) is 5.73 Å². The number of aliphatic hydroxyl groups is 2. The molecular formula is C12H16ClNO3. The lowest BCUT2D eigenvalue weighted by atomic mass is 10.0. The fourth-order valence-electron chi connectivity index (χ4n) is 1.48. The van der Waals surface area contributed by atoms with Gasteiger partial charge < -0.3 is 15.9 Å². The van der Waals surface area contributed by atoms with Gasteiger partial charge in [-0.15, -0.1) is 11.6 Å². The second-order valence-electron chi connectivity index (χ2n) is 3.74. The van der Waals surface area contributed by atoms with Crippen LogP contribution in [0.1, 0.15) is 28.4 Å². The number of halogens is 1. The molecule has 0 bridgehead atoms. The lowest BCUT2D eigenvalue weighted by Gasteiger charge is -2.17. The SMILES string of the molecule is NCC(=O)c1ccc(C(O)C(O)CCCl)cc1. The van der Waals surface area contributed by atoms with Gasteiger partial charge >= 0.3 is 0 Å². The maximum atomic E-state index is 11.3. The summed E-state index contributed by atoms with van der Waals surface area (Å²) < 4.78 is 0. The maximum absolute atomic E-state index is 11.3. The number of Topliss-reactive ketones (excluding diaryl/α,β-unsaturated/α-hetero) is 1. The summed E-state index contributed by atoms with van der Waals surface area (Å²) in [6, 6.07) is 6.37. The van der Waals surface area contributed by atoms with Gasteiger partial charge in [0, 0.05) is 11.4 Å². The molecule has 0 amide bonds. The Morgan fingerprint density at radius 2 is 1.88 bits per heavy atom. The third-order valence-corrected chi connectivity index (χ3v) is 2.75. The summed E-state index contributed by atoms with van der Waals surface area (Å²) in [4.78, 5) is 11.3.